The Bertz CT molecular complexity index is 259. The zero-order chi connectivity index (χ0) is 11.7. The van der Waals surface area contributed by atoms with Crippen LogP contribution in [-0.4, -0.2) is 0 Å². The van der Waals surface area contributed by atoms with Crippen LogP contribution in [-0.2, 0) is 0 Å². The smallest absolute Gasteiger partial charge is 0.0153 e. The number of allylic oxidation sites excluding steroid dienone is 1. The molecule has 1 rings (SSSR count). The summed E-state index contributed by atoms with van der Waals surface area (Å²) in [5.41, 5.74) is 2.76. The molecule has 0 heteroatoms. The van der Waals surface area contributed by atoms with Crippen molar-refractivity contribution in [3.05, 3.63) is 48.0 Å². The SMILES string of the molecule is C=C(CC)CC(C)c1ccccc1.CC. The minimum absolute atomic E-state index is 0.605. The Morgan fingerprint density at radius 3 is 2.20 bits per heavy atom. The molecule has 0 N–H and O–H groups in total. The first-order valence-corrected chi connectivity index (χ1v) is 5.95. The first-order valence-electron chi connectivity index (χ1n) is 5.95. The van der Waals surface area contributed by atoms with Crippen molar-refractivity contribution in [2.75, 3.05) is 0 Å². The van der Waals surface area contributed by atoms with Gasteiger partial charge in [0, 0.05) is 0 Å². The Hall–Kier alpha value is -1.04. The summed E-state index contributed by atoms with van der Waals surface area (Å²) in [5.74, 6) is 0.605. The molecule has 0 aliphatic heterocycles. The molecule has 1 aromatic rings. The van der Waals surface area contributed by atoms with Crippen molar-refractivity contribution in [2.24, 2.45) is 0 Å². The quantitative estimate of drug-likeness (QED) is 0.593. The van der Waals surface area contributed by atoms with Crippen molar-refractivity contribution in [2.45, 2.75) is 46.5 Å². The second-order valence-electron chi connectivity index (χ2n) is 3.62. The van der Waals surface area contributed by atoms with E-state index in [4.69, 9.17) is 0 Å². The molecule has 0 spiro atoms. The average Bonchev–Trinajstić information content (AvgIpc) is 2.32. The maximum atomic E-state index is 4.04. The highest BCUT2D eigenvalue weighted by atomic mass is 14.1. The van der Waals surface area contributed by atoms with Crippen LogP contribution in [0.15, 0.2) is 42.5 Å². The molecule has 0 amide bonds. The van der Waals surface area contributed by atoms with Gasteiger partial charge >= 0.3 is 0 Å². The third-order valence-electron chi connectivity index (χ3n) is 2.46. The van der Waals surface area contributed by atoms with E-state index in [1.54, 1.807) is 0 Å². The van der Waals surface area contributed by atoms with Crippen molar-refractivity contribution in [3.8, 4) is 0 Å². The number of rotatable bonds is 4. The van der Waals surface area contributed by atoms with Crippen LogP contribution in [0.1, 0.15) is 52.0 Å². The van der Waals surface area contributed by atoms with Crippen molar-refractivity contribution in [1.29, 1.82) is 0 Å². The molecule has 0 heterocycles. The first kappa shape index (κ1) is 14.0. The van der Waals surface area contributed by atoms with Gasteiger partial charge in [-0.05, 0) is 24.3 Å². The molecule has 1 atom stereocenters. The van der Waals surface area contributed by atoms with Gasteiger partial charge in [-0.1, -0.05) is 70.2 Å². The molecule has 0 saturated heterocycles. The third-order valence-corrected chi connectivity index (χ3v) is 2.46. The van der Waals surface area contributed by atoms with E-state index in [9.17, 15) is 0 Å². The summed E-state index contributed by atoms with van der Waals surface area (Å²) in [7, 11) is 0. The summed E-state index contributed by atoms with van der Waals surface area (Å²) >= 11 is 0. The van der Waals surface area contributed by atoms with Crippen LogP contribution in [0.5, 0.6) is 0 Å². The average molecular weight is 204 g/mol. The van der Waals surface area contributed by atoms with Gasteiger partial charge in [0.2, 0.25) is 0 Å². The van der Waals surface area contributed by atoms with Gasteiger partial charge in [0.05, 0.1) is 0 Å². The maximum Gasteiger partial charge on any atom is -0.0153 e. The van der Waals surface area contributed by atoms with Gasteiger partial charge < -0.3 is 0 Å². The summed E-state index contributed by atoms with van der Waals surface area (Å²) in [6, 6.07) is 10.6. The lowest BCUT2D eigenvalue weighted by atomic mass is 9.93. The second-order valence-corrected chi connectivity index (χ2v) is 3.62. The molecule has 0 nitrogen and oxygen atoms in total. The maximum absolute atomic E-state index is 4.04. The van der Waals surface area contributed by atoms with Gasteiger partial charge in [0.25, 0.3) is 0 Å². The molecule has 0 aliphatic carbocycles. The van der Waals surface area contributed by atoms with E-state index >= 15 is 0 Å². The lowest BCUT2D eigenvalue weighted by Gasteiger charge is -2.12. The molecular weight excluding hydrogens is 180 g/mol. The molecule has 0 aliphatic rings. The summed E-state index contributed by atoms with van der Waals surface area (Å²) in [6.45, 7) is 12.5. The standard InChI is InChI=1S/C13H18.C2H6/c1-4-11(2)10-12(3)13-8-6-5-7-9-13;1-2/h5-9,12H,2,4,10H2,1,3H3;1-2H3. The van der Waals surface area contributed by atoms with E-state index in [-0.39, 0.29) is 0 Å². The summed E-state index contributed by atoms with van der Waals surface area (Å²) in [5, 5.41) is 0. The largest absolute Gasteiger partial charge is 0.0999 e. The topological polar surface area (TPSA) is 0 Å². The third kappa shape index (κ3) is 5.41. The van der Waals surface area contributed by atoms with Crippen molar-refractivity contribution in [3.63, 3.8) is 0 Å². The molecular formula is C15H24. The number of hydrogen-bond donors (Lipinski definition) is 0. The fourth-order valence-electron chi connectivity index (χ4n) is 1.48. The van der Waals surface area contributed by atoms with E-state index in [1.165, 1.54) is 11.1 Å². The molecule has 0 fully saturated rings. The van der Waals surface area contributed by atoms with Crippen molar-refractivity contribution >= 4 is 0 Å². The molecule has 15 heavy (non-hydrogen) atoms. The lowest BCUT2D eigenvalue weighted by molar-refractivity contribution is 0.734. The molecule has 1 unspecified atom stereocenters. The Morgan fingerprint density at radius 1 is 1.20 bits per heavy atom. The number of hydrogen-bond acceptors (Lipinski definition) is 0. The highest BCUT2D eigenvalue weighted by Crippen LogP contribution is 2.22. The molecule has 0 bridgehead atoms. The fourth-order valence-corrected chi connectivity index (χ4v) is 1.48. The fraction of sp³-hybridized carbons (Fsp3) is 0.467. The summed E-state index contributed by atoms with van der Waals surface area (Å²) < 4.78 is 0. The van der Waals surface area contributed by atoms with Crippen LogP contribution >= 0.6 is 0 Å². The normalized spacial score (nSPS) is 11.2. The van der Waals surface area contributed by atoms with Gasteiger partial charge in [0.1, 0.15) is 0 Å². The van der Waals surface area contributed by atoms with Gasteiger partial charge in [-0.25, -0.2) is 0 Å². The molecule has 0 saturated carbocycles. The van der Waals surface area contributed by atoms with Crippen LogP contribution in [0, 0.1) is 0 Å². The zero-order valence-corrected chi connectivity index (χ0v) is 10.6. The molecule has 1 aromatic carbocycles. The molecule has 84 valence electrons. The van der Waals surface area contributed by atoms with Crippen molar-refractivity contribution in [1.82, 2.24) is 0 Å². The van der Waals surface area contributed by atoms with Crippen LogP contribution in [0.4, 0.5) is 0 Å². The minimum atomic E-state index is 0.605. The summed E-state index contributed by atoms with van der Waals surface area (Å²) in [4.78, 5) is 0. The van der Waals surface area contributed by atoms with Gasteiger partial charge in [0.15, 0.2) is 0 Å². The van der Waals surface area contributed by atoms with E-state index in [0.29, 0.717) is 5.92 Å². The minimum Gasteiger partial charge on any atom is -0.0999 e. The van der Waals surface area contributed by atoms with E-state index in [0.717, 1.165) is 12.8 Å². The monoisotopic (exact) mass is 204 g/mol. The highest BCUT2D eigenvalue weighted by molar-refractivity contribution is 5.20. The predicted molar refractivity (Wildman–Crippen MR) is 70.3 cm³/mol. The first-order chi connectivity index (χ1) is 7.24. The Kier molecular flexibility index (Phi) is 7.71. The van der Waals surface area contributed by atoms with E-state index < -0.39 is 0 Å². The van der Waals surface area contributed by atoms with E-state index in [1.807, 2.05) is 13.8 Å². The second kappa shape index (κ2) is 8.28. The van der Waals surface area contributed by atoms with Crippen LogP contribution in [0.25, 0.3) is 0 Å². The van der Waals surface area contributed by atoms with Gasteiger partial charge in [-0.3, -0.25) is 0 Å². The molecule has 0 aromatic heterocycles. The van der Waals surface area contributed by atoms with Gasteiger partial charge in [-0.2, -0.15) is 0 Å². The van der Waals surface area contributed by atoms with Gasteiger partial charge in [-0.15, -0.1) is 0 Å². The lowest BCUT2D eigenvalue weighted by Crippen LogP contribution is -1.94. The predicted octanol–water partition coefficient (Wildman–Crippen LogP) is 5.17. The number of benzene rings is 1. The highest BCUT2D eigenvalue weighted by Gasteiger charge is 2.04. The Morgan fingerprint density at radius 2 is 1.73 bits per heavy atom. The molecule has 0 radical (unpaired) electrons. The van der Waals surface area contributed by atoms with Crippen LogP contribution in [0.3, 0.4) is 0 Å². The Labute approximate surface area is 95.0 Å². The van der Waals surface area contributed by atoms with Crippen LogP contribution in [0.2, 0.25) is 0 Å². The van der Waals surface area contributed by atoms with E-state index in [2.05, 4.69) is 50.8 Å². The van der Waals surface area contributed by atoms with Crippen LogP contribution < -0.4 is 0 Å². The zero-order valence-electron chi connectivity index (χ0n) is 10.6. The Balaban J connectivity index is 0.000000921. The summed E-state index contributed by atoms with van der Waals surface area (Å²) in [6.07, 6.45) is 2.21. The van der Waals surface area contributed by atoms with Crippen molar-refractivity contribution < 1.29 is 0 Å².